The Hall–Kier alpha value is -8.98. The van der Waals surface area contributed by atoms with Gasteiger partial charge in [0.15, 0.2) is 0 Å². The molecule has 0 spiro atoms. The molecule has 0 bridgehead atoms. The highest BCUT2D eigenvalue weighted by molar-refractivity contribution is 6.26. The van der Waals surface area contributed by atoms with E-state index in [2.05, 4.69) is 270 Å². The van der Waals surface area contributed by atoms with E-state index in [0.717, 1.165) is 36.3 Å². The molecular formula is C70H50N2. The number of allylic oxidation sites excluding steroid dienone is 4. The summed E-state index contributed by atoms with van der Waals surface area (Å²) in [6.07, 6.45) is 12.4. The third-order valence-corrected chi connectivity index (χ3v) is 15.3. The van der Waals surface area contributed by atoms with Gasteiger partial charge in [-0.3, -0.25) is 0 Å². The molecule has 11 aromatic carbocycles. The lowest BCUT2D eigenvalue weighted by Crippen LogP contribution is -2.24. The fourth-order valence-electron chi connectivity index (χ4n) is 12.1. The Morgan fingerprint density at radius 3 is 1.71 bits per heavy atom. The molecule has 1 aromatic heterocycles. The summed E-state index contributed by atoms with van der Waals surface area (Å²) in [5.41, 5.74) is 15.9. The van der Waals surface area contributed by atoms with E-state index in [1.54, 1.807) is 0 Å². The topological polar surface area (TPSA) is 8.17 Å². The zero-order chi connectivity index (χ0) is 47.5. The van der Waals surface area contributed by atoms with E-state index in [1.807, 2.05) is 0 Å². The molecule has 0 N–H and O–H groups in total. The van der Waals surface area contributed by atoms with Crippen molar-refractivity contribution in [3.05, 3.63) is 278 Å². The fraction of sp³-hybridized carbons (Fsp3) is 0.0571. The molecule has 72 heavy (non-hydrogen) atoms. The fourth-order valence-corrected chi connectivity index (χ4v) is 12.1. The summed E-state index contributed by atoms with van der Waals surface area (Å²) in [5, 5.41) is 12.4. The van der Waals surface area contributed by atoms with Gasteiger partial charge >= 0.3 is 0 Å². The van der Waals surface area contributed by atoms with Gasteiger partial charge in [0.25, 0.3) is 0 Å². The van der Waals surface area contributed by atoms with Crippen molar-refractivity contribution >= 4 is 59.5 Å². The Bertz CT molecular complexity index is 4120. The summed E-state index contributed by atoms with van der Waals surface area (Å²) < 4.78 is 2.47. The van der Waals surface area contributed by atoms with Gasteiger partial charge in [-0.15, -0.1) is 0 Å². The Kier molecular flexibility index (Phi) is 10.2. The molecular weight excluding hydrogens is 869 g/mol. The number of benzene rings is 11. The van der Waals surface area contributed by atoms with Gasteiger partial charge in [-0.2, -0.15) is 0 Å². The van der Waals surface area contributed by atoms with E-state index in [-0.39, 0.29) is 6.04 Å². The van der Waals surface area contributed by atoms with Gasteiger partial charge in [0.2, 0.25) is 0 Å². The second-order valence-corrected chi connectivity index (χ2v) is 19.4. The molecule has 2 aliphatic rings. The van der Waals surface area contributed by atoms with E-state index < -0.39 is 0 Å². The molecule has 0 saturated heterocycles. The predicted octanol–water partition coefficient (Wildman–Crippen LogP) is 19.0. The van der Waals surface area contributed by atoms with Crippen molar-refractivity contribution in [3.8, 4) is 50.5 Å². The average Bonchev–Trinajstić information content (AvgIpc) is 4.12. The predicted molar refractivity (Wildman–Crippen MR) is 306 cm³/mol. The van der Waals surface area contributed by atoms with Crippen LogP contribution in [0.3, 0.4) is 0 Å². The van der Waals surface area contributed by atoms with E-state index in [4.69, 9.17) is 0 Å². The number of rotatable bonds is 8. The molecule has 1 aliphatic heterocycles. The molecule has 0 fully saturated rings. The lowest BCUT2D eigenvalue weighted by atomic mass is 9.83. The van der Waals surface area contributed by atoms with Crippen LogP contribution in [0.5, 0.6) is 0 Å². The number of hydrogen-bond donors (Lipinski definition) is 0. The smallest absolute Gasteiger partial charge is 0.0626 e. The van der Waals surface area contributed by atoms with Gasteiger partial charge in [-0.1, -0.05) is 212 Å². The first-order chi connectivity index (χ1) is 35.7. The largest absolute Gasteiger partial charge is 0.334 e. The first kappa shape index (κ1) is 41.9. The highest BCUT2D eigenvalue weighted by Crippen LogP contribution is 2.51. The molecule has 2 nitrogen and oxygen atoms in total. The first-order valence-corrected chi connectivity index (χ1v) is 25.4. The maximum atomic E-state index is 2.64. The molecule has 2 heteroatoms. The summed E-state index contributed by atoms with van der Waals surface area (Å²) in [4.78, 5) is 2.64. The lowest BCUT2D eigenvalue weighted by Gasteiger charge is -2.33. The van der Waals surface area contributed by atoms with Gasteiger partial charge in [0.1, 0.15) is 0 Å². The van der Waals surface area contributed by atoms with Gasteiger partial charge in [-0.25, -0.2) is 0 Å². The van der Waals surface area contributed by atoms with E-state index in [9.17, 15) is 0 Å². The lowest BCUT2D eigenvalue weighted by molar-refractivity contribution is 0.729. The SMILES string of the molecule is C1=CCCC(C2=CCC(c3ccccc3)N2c2ccc3c(-c4cc5ccccc5c5ccccc45)c4cc(-n5c(-c6ccccc6)ccc5-c5ccccc5)ccc4c(-c4ccc5ccccc5c4)c3c2)=C1. The van der Waals surface area contributed by atoms with Gasteiger partial charge in [0.05, 0.1) is 17.4 Å². The molecule has 340 valence electrons. The molecule has 14 rings (SSSR count). The minimum absolute atomic E-state index is 0.167. The van der Waals surface area contributed by atoms with Crippen LogP contribution in [0, 0.1) is 0 Å². The van der Waals surface area contributed by atoms with E-state index in [1.165, 1.54) is 110 Å². The maximum Gasteiger partial charge on any atom is 0.0626 e. The molecule has 2 heterocycles. The summed E-state index contributed by atoms with van der Waals surface area (Å²) in [7, 11) is 0. The molecule has 12 aromatic rings. The van der Waals surface area contributed by atoms with Crippen LogP contribution in [0.15, 0.2) is 272 Å². The van der Waals surface area contributed by atoms with Crippen LogP contribution in [0.4, 0.5) is 5.69 Å². The summed E-state index contributed by atoms with van der Waals surface area (Å²) in [6.45, 7) is 0. The highest BCUT2D eigenvalue weighted by atomic mass is 15.2. The Balaban J connectivity index is 1.12. The molecule has 0 saturated carbocycles. The quantitative estimate of drug-likeness (QED) is 0.109. The number of aromatic nitrogens is 1. The summed E-state index contributed by atoms with van der Waals surface area (Å²) >= 11 is 0. The Labute approximate surface area is 420 Å². The molecule has 0 amide bonds. The molecule has 0 radical (unpaired) electrons. The van der Waals surface area contributed by atoms with Crippen molar-refractivity contribution in [1.29, 1.82) is 0 Å². The Morgan fingerprint density at radius 2 is 0.986 bits per heavy atom. The van der Waals surface area contributed by atoms with Gasteiger partial charge < -0.3 is 9.47 Å². The third-order valence-electron chi connectivity index (χ3n) is 15.3. The highest BCUT2D eigenvalue weighted by Gasteiger charge is 2.32. The molecule has 1 aliphatic carbocycles. The number of hydrogen-bond acceptors (Lipinski definition) is 1. The van der Waals surface area contributed by atoms with Crippen molar-refractivity contribution in [2.45, 2.75) is 25.3 Å². The van der Waals surface area contributed by atoms with Crippen LogP contribution in [0.25, 0.3) is 104 Å². The van der Waals surface area contributed by atoms with Gasteiger partial charge in [0, 0.05) is 17.1 Å². The van der Waals surface area contributed by atoms with Crippen LogP contribution in [-0.2, 0) is 0 Å². The van der Waals surface area contributed by atoms with E-state index >= 15 is 0 Å². The monoisotopic (exact) mass is 918 g/mol. The normalized spacial score (nSPS) is 14.7. The van der Waals surface area contributed by atoms with Crippen molar-refractivity contribution in [3.63, 3.8) is 0 Å². The second kappa shape index (κ2) is 17.5. The number of fused-ring (bicyclic) bond motifs is 6. The average molecular weight is 919 g/mol. The minimum atomic E-state index is 0.167. The minimum Gasteiger partial charge on any atom is -0.334 e. The van der Waals surface area contributed by atoms with Crippen molar-refractivity contribution < 1.29 is 0 Å². The molecule has 1 atom stereocenters. The van der Waals surface area contributed by atoms with Crippen molar-refractivity contribution in [2.75, 3.05) is 4.90 Å². The van der Waals surface area contributed by atoms with Crippen LogP contribution in [0.1, 0.15) is 30.9 Å². The van der Waals surface area contributed by atoms with Crippen LogP contribution in [-0.4, -0.2) is 4.57 Å². The van der Waals surface area contributed by atoms with Gasteiger partial charge in [-0.05, 0) is 166 Å². The summed E-state index contributed by atoms with van der Waals surface area (Å²) in [6, 6.07) is 88.4. The van der Waals surface area contributed by atoms with Crippen LogP contribution in [0.2, 0.25) is 0 Å². The standard InChI is InChI=1S/C70H50N2/c1-5-20-48(21-6-1)65-39-40-66(49-22-7-2-8-23-49)71(65)55-36-38-61-63(45-55)69(54-34-33-47-19-13-14-28-52(47)43-54)60-37-35-56(72-67(50-24-9-3-10-25-50)41-42-68(72)51-26-11-4-12-27-51)46-64(60)70(61)62-44-53-29-15-16-30-57(53)58-31-17-18-32-59(58)62/h1-7,9-22,24-38,40-46,65H,8,23,39H2. The third kappa shape index (κ3) is 7.01. The maximum absolute atomic E-state index is 2.64. The van der Waals surface area contributed by atoms with Crippen LogP contribution >= 0.6 is 0 Å². The second-order valence-electron chi connectivity index (χ2n) is 19.4. The van der Waals surface area contributed by atoms with E-state index in [0.29, 0.717) is 0 Å². The zero-order valence-electron chi connectivity index (χ0n) is 39.9. The van der Waals surface area contributed by atoms with Crippen LogP contribution < -0.4 is 4.90 Å². The van der Waals surface area contributed by atoms with Crippen molar-refractivity contribution in [1.82, 2.24) is 4.57 Å². The van der Waals surface area contributed by atoms with Crippen molar-refractivity contribution in [2.24, 2.45) is 0 Å². The Morgan fingerprint density at radius 1 is 0.389 bits per heavy atom. The molecule has 1 unspecified atom stereocenters. The summed E-state index contributed by atoms with van der Waals surface area (Å²) in [5.74, 6) is 0. The first-order valence-electron chi connectivity index (χ1n) is 25.4. The zero-order valence-corrected chi connectivity index (χ0v) is 39.9. The number of anilines is 1. The number of nitrogens with zero attached hydrogens (tertiary/aromatic N) is 2.